The molecule has 1 unspecified atom stereocenters. The van der Waals surface area contributed by atoms with Crippen molar-refractivity contribution in [2.45, 2.75) is 303 Å². The third-order valence-corrected chi connectivity index (χ3v) is 13.9. The lowest BCUT2D eigenvalue weighted by molar-refractivity contribution is -0.871. The molecule has 0 heterocycles. The van der Waals surface area contributed by atoms with Gasteiger partial charge in [0.2, 0.25) is 0 Å². The second kappa shape index (κ2) is 50.5. The Bertz CT molecular complexity index is 1080. The number of unbranched alkanes of at least 4 members (excludes halogenated alkanes) is 34. The van der Waals surface area contributed by atoms with Gasteiger partial charge in [0.05, 0.1) is 27.7 Å². The van der Waals surface area contributed by atoms with Crippen molar-refractivity contribution < 1.29 is 23.5 Å². The van der Waals surface area contributed by atoms with Gasteiger partial charge in [0.1, 0.15) is 13.2 Å². The topological polar surface area (TPSA) is 52.6 Å². The fourth-order valence-electron chi connectivity index (χ4n) is 9.07. The first-order chi connectivity index (χ1) is 32.7. The number of esters is 2. The van der Waals surface area contributed by atoms with Crippen LogP contribution in [0.5, 0.6) is 0 Å². The van der Waals surface area contributed by atoms with Gasteiger partial charge in [0.25, 0.3) is 0 Å². The third kappa shape index (κ3) is 50.3. The van der Waals surface area contributed by atoms with Crippen molar-refractivity contribution >= 4 is 11.9 Å². The smallest absolute Gasteiger partial charge is 0.305 e. The van der Waals surface area contributed by atoms with Crippen molar-refractivity contribution in [2.75, 3.05) is 40.9 Å². The molecule has 394 valence electrons. The lowest BCUT2D eigenvalue weighted by atomic mass is 9.80. The Kier molecular flexibility index (Phi) is 49.1. The summed E-state index contributed by atoms with van der Waals surface area (Å²) in [7, 11) is 6.68. The molecule has 0 spiro atoms. The van der Waals surface area contributed by atoms with E-state index in [0.29, 0.717) is 26.1 Å². The minimum absolute atomic E-state index is 0.0899. The zero-order valence-electron chi connectivity index (χ0n) is 46.3. The zero-order valence-corrected chi connectivity index (χ0v) is 46.3. The van der Waals surface area contributed by atoms with Crippen LogP contribution in [0.15, 0.2) is 36.5 Å². The summed E-state index contributed by atoms with van der Waals surface area (Å²) in [6.45, 7) is 8.49. The zero-order chi connectivity index (χ0) is 49.0. The maximum atomic E-state index is 13.2. The number of hydrogen-bond acceptors (Lipinski definition) is 4. The second-order valence-electron chi connectivity index (χ2n) is 21.9. The van der Waals surface area contributed by atoms with Crippen LogP contribution in [0.3, 0.4) is 0 Å². The predicted octanol–water partition coefficient (Wildman–Crippen LogP) is 19.7. The van der Waals surface area contributed by atoms with Gasteiger partial charge in [0.15, 0.2) is 0 Å². The minimum atomic E-state index is -0.344. The number of carbonyl (C=O) groups excluding carboxylic acids is 2. The van der Waals surface area contributed by atoms with E-state index in [4.69, 9.17) is 9.47 Å². The fourth-order valence-corrected chi connectivity index (χ4v) is 9.07. The molecule has 0 saturated heterocycles. The molecule has 1 atom stereocenters. The number of allylic oxidation sites excluding steroid dienone is 6. The molecule has 5 nitrogen and oxygen atoms in total. The first-order valence-electron chi connectivity index (χ1n) is 29.7. The van der Waals surface area contributed by atoms with Crippen LogP contribution in [0.25, 0.3) is 0 Å². The van der Waals surface area contributed by atoms with Gasteiger partial charge in [-0.15, -0.1) is 0 Å². The Balaban J connectivity index is 4.92. The van der Waals surface area contributed by atoms with Crippen LogP contribution >= 0.6 is 0 Å². The quantitative estimate of drug-likeness (QED) is 0.0264. The van der Waals surface area contributed by atoms with Crippen molar-refractivity contribution in [3.63, 3.8) is 0 Å². The third-order valence-electron chi connectivity index (χ3n) is 13.9. The number of quaternary nitrogens is 1. The molecule has 0 aromatic carbocycles. The molecule has 0 saturated carbocycles. The summed E-state index contributed by atoms with van der Waals surface area (Å²) in [5.41, 5.74) is -0.344. The maximum absolute atomic E-state index is 13.2. The van der Waals surface area contributed by atoms with Crippen LogP contribution < -0.4 is 0 Å². The van der Waals surface area contributed by atoms with Crippen LogP contribution in [-0.2, 0) is 19.1 Å². The molecular weight excluding hydrogens is 823 g/mol. The van der Waals surface area contributed by atoms with Gasteiger partial charge in [-0.05, 0) is 96.3 Å². The molecule has 0 aliphatic rings. The van der Waals surface area contributed by atoms with E-state index in [1.165, 1.54) is 225 Å². The summed E-state index contributed by atoms with van der Waals surface area (Å²) < 4.78 is 13.1. The van der Waals surface area contributed by atoms with E-state index >= 15 is 0 Å². The largest absolute Gasteiger partial charge is 0.465 e. The highest BCUT2D eigenvalue weighted by Gasteiger charge is 2.35. The van der Waals surface area contributed by atoms with E-state index in [0.717, 1.165) is 56.0 Å². The molecule has 0 aromatic rings. The molecule has 0 aromatic heterocycles. The van der Waals surface area contributed by atoms with E-state index in [1.807, 2.05) is 0 Å². The van der Waals surface area contributed by atoms with Gasteiger partial charge in [-0.3, -0.25) is 9.59 Å². The average Bonchev–Trinajstić information content (AvgIpc) is 3.31. The number of nitrogens with zero attached hydrogens (tertiary/aromatic N) is 1. The van der Waals surface area contributed by atoms with E-state index in [9.17, 15) is 9.59 Å². The van der Waals surface area contributed by atoms with Crippen molar-refractivity contribution in [1.29, 1.82) is 0 Å². The van der Waals surface area contributed by atoms with E-state index in [1.54, 1.807) is 0 Å². The highest BCUT2D eigenvalue weighted by molar-refractivity contribution is 5.69. The van der Waals surface area contributed by atoms with Crippen LogP contribution in [0.4, 0.5) is 0 Å². The highest BCUT2D eigenvalue weighted by Crippen LogP contribution is 2.33. The van der Waals surface area contributed by atoms with Crippen LogP contribution in [0, 0.1) is 5.41 Å². The van der Waals surface area contributed by atoms with Gasteiger partial charge < -0.3 is 14.0 Å². The summed E-state index contributed by atoms with van der Waals surface area (Å²) in [5, 5.41) is 0. The molecule has 0 radical (unpaired) electrons. The van der Waals surface area contributed by atoms with E-state index in [-0.39, 0.29) is 17.4 Å². The SMILES string of the molecule is CCCCCCCCC=CCCCCCCCC(=O)OCC(CCCCCCCC/C=C\CCCCCCCC)(CC[N+](C)(C)C)COC(=O)CCCCCCC/C=C\CCCCCCCC. The number of rotatable bonds is 53. The van der Waals surface area contributed by atoms with Crippen LogP contribution in [0.2, 0.25) is 0 Å². The Morgan fingerprint density at radius 2 is 0.597 bits per heavy atom. The number of hydrogen-bond donors (Lipinski definition) is 0. The summed E-state index contributed by atoms with van der Waals surface area (Å²) >= 11 is 0. The van der Waals surface area contributed by atoms with Crippen molar-refractivity contribution in [2.24, 2.45) is 5.41 Å². The summed E-state index contributed by atoms with van der Waals surface area (Å²) in [5.74, 6) is -0.180. The molecule has 0 rings (SSSR count). The summed E-state index contributed by atoms with van der Waals surface area (Å²) in [6.07, 6.45) is 67.4. The molecule has 0 fully saturated rings. The van der Waals surface area contributed by atoms with Crippen LogP contribution in [-0.4, -0.2) is 57.3 Å². The second-order valence-corrected chi connectivity index (χ2v) is 21.9. The average molecular weight is 942 g/mol. The van der Waals surface area contributed by atoms with Crippen molar-refractivity contribution in [3.05, 3.63) is 36.5 Å². The molecule has 0 N–H and O–H groups in total. The number of ether oxygens (including phenoxy) is 2. The first kappa shape index (κ1) is 65.1. The lowest BCUT2D eigenvalue weighted by Gasteiger charge is -2.36. The Hall–Kier alpha value is -1.88. The molecule has 0 amide bonds. The fraction of sp³-hybridized carbons (Fsp3) is 0.871. The highest BCUT2D eigenvalue weighted by atomic mass is 16.5. The van der Waals surface area contributed by atoms with E-state index < -0.39 is 0 Å². The first-order valence-corrected chi connectivity index (χ1v) is 29.7. The van der Waals surface area contributed by atoms with Gasteiger partial charge in [0, 0.05) is 24.7 Å². The van der Waals surface area contributed by atoms with Gasteiger partial charge in [-0.25, -0.2) is 0 Å². The lowest BCUT2D eigenvalue weighted by Crippen LogP contribution is -2.42. The Morgan fingerprint density at radius 3 is 0.881 bits per heavy atom. The molecule has 0 bridgehead atoms. The monoisotopic (exact) mass is 941 g/mol. The Labute approximate surface area is 419 Å². The van der Waals surface area contributed by atoms with E-state index in [2.05, 4.69) is 78.4 Å². The van der Waals surface area contributed by atoms with Crippen molar-refractivity contribution in [3.8, 4) is 0 Å². The molecule has 5 heteroatoms. The van der Waals surface area contributed by atoms with Gasteiger partial charge >= 0.3 is 11.9 Å². The molecule has 0 aliphatic carbocycles. The summed E-state index contributed by atoms with van der Waals surface area (Å²) in [6, 6.07) is 0. The maximum Gasteiger partial charge on any atom is 0.305 e. The minimum Gasteiger partial charge on any atom is -0.465 e. The molecule has 0 aliphatic heterocycles. The van der Waals surface area contributed by atoms with Crippen LogP contribution in [0.1, 0.15) is 303 Å². The van der Waals surface area contributed by atoms with Crippen molar-refractivity contribution in [1.82, 2.24) is 0 Å². The predicted molar refractivity (Wildman–Crippen MR) is 295 cm³/mol. The summed E-state index contributed by atoms with van der Waals surface area (Å²) in [4.78, 5) is 26.4. The molecule has 67 heavy (non-hydrogen) atoms. The van der Waals surface area contributed by atoms with Gasteiger partial charge in [-0.1, -0.05) is 224 Å². The number of carbonyl (C=O) groups is 2. The molecular formula is C62H118NO4+. The standard InChI is InChI=1S/C62H118NO4/c1-7-10-13-16-19-22-25-28-31-34-37-40-43-46-49-52-55-62(56-57-63(4,5)6,58-66-60(64)53-50-47-44-41-38-35-32-29-26-23-20-17-14-11-8-2)59-67-61(65)54-51-48-45-42-39-36-33-30-27-24-21-18-15-12-9-3/h28-33H,7-27,34-59H2,1-6H3/q+1/b31-28-,32-29-,33-30?. The van der Waals surface area contributed by atoms with Gasteiger partial charge in [-0.2, -0.15) is 0 Å². The normalized spacial score (nSPS) is 13.1. The Morgan fingerprint density at radius 1 is 0.343 bits per heavy atom.